The summed E-state index contributed by atoms with van der Waals surface area (Å²) in [6.45, 7) is 7.93. The molecule has 0 aliphatic heterocycles. The standard InChI is InChI=1S/C14H18FNO2/c1-4-18-14(17)10(2)9-16-11(3)12-6-5-7-13(15)8-12/h5-8,11,16H,2,4,9H2,1,3H3/t11-/m0/s1. The number of esters is 1. The fraction of sp³-hybridized carbons (Fsp3) is 0.357. The minimum absolute atomic E-state index is 0.0631. The molecule has 0 radical (unpaired) electrons. The first-order chi connectivity index (χ1) is 8.54. The first-order valence-corrected chi connectivity index (χ1v) is 5.88. The molecule has 0 aliphatic carbocycles. The maximum absolute atomic E-state index is 13.0. The molecule has 0 heterocycles. The molecular weight excluding hydrogens is 233 g/mol. The van der Waals surface area contributed by atoms with Crippen LogP contribution in [0.5, 0.6) is 0 Å². The molecule has 18 heavy (non-hydrogen) atoms. The van der Waals surface area contributed by atoms with Crippen molar-refractivity contribution in [3.05, 3.63) is 47.8 Å². The Labute approximate surface area is 107 Å². The van der Waals surface area contributed by atoms with Crippen LogP contribution in [-0.4, -0.2) is 19.1 Å². The zero-order chi connectivity index (χ0) is 13.5. The lowest BCUT2D eigenvalue weighted by Gasteiger charge is -2.15. The van der Waals surface area contributed by atoms with Crippen molar-refractivity contribution in [1.82, 2.24) is 5.32 Å². The Morgan fingerprint density at radius 3 is 2.89 bits per heavy atom. The van der Waals surface area contributed by atoms with Gasteiger partial charge in [-0.15, -0.1) is 0 Å². The molecule has 0 aliphatic rings. The summed E-state index contributed by atoms with van der Waals surface area (Å²) < 4.78 is 17.9. The molecule has 1 atom stereocenters. The van der Waals surface area contributed by atoms with Crippen LogP contribution in [0.1, 0.15) is 25.5 Å². The highest BCUT2D eigenvalue weighted by Crippen LogP contribution is 2.13. The molecule has 0 fully saturated rings. The molecule has 0 bridgehead atoms. The molecule has 0 aromatic heterocycles. The van der Waals surface area contributed by atoms with Crippen LogP contribution in [0.3, 0.4) is 0 Å². The maximum Gasteiger partial charge on any atom is 0.334 e. The average Bonchev–Trinajstić information content (AvgIpc) is 2.35. The monoisotopic (exact) mass is 251 g/mol. The van der Waals surface area contributed by atoms with Crippen molar-refractivity contribution >= 4 is 5.97 Å². The van der Waals surface area contributed by atoms with Crippen LogP contribution in [0.4, 0.5) is 4.39 Å². The van der Waals surface area contributed by atoms with Gasteiger partial charge in [-0.1, -0.05) is 18.7 Å². The number of carbonyl (C=O) groups excluding carboxylic acids is 1. The van der Waals surface area contributed by atoms with E-state index < -0.39 is 5.97 Å². The van der Waals surface area contributed by atoms with Crippen molar-refractivity contribution < 1.29 is 13.9 Å². The zero-order valence-corrected chi connectivity index (χ0v) is 10.7. The van der Waals surface area contributed by atoms with E-state index in [9.17, 15) is 9.18 Å². The SMILES string of the molecule is C=C(CN[C@@H](C)c1cccc(F)c1)C(=O)OCC. The van der Waals surface area contributed by atoms with Gasteiger partial charge in [0.2, 0.25) is 0 Å². The number of carbonyl (C=O) groups is 1. The first-order valence-electron chi connectivity index (χ1n) is 5.88. The Hall–Kier alpha value is -1.68. The zero-order valence-electron chi connectivity index (χ0n) is 10.7. The lowest BCUT2D eigenvalue weighted by molar-refractivity contribution is -0.138. The van der Waals surface area contributed by atoms with E-state index in [0.29, 0.717) is 18.7 Å². The molecule has 1 aromatic rings. The van der Waals surface area contributed by atoms with E-state index in [2.05, 4.69) is 11.9 Å². The van der Waals surface area contributed by atoms with E-state index in [4.69, 9.17) is 4.74 Å². The molecular formula is C14H18FNO2. The number of hydrogen-bond donors (Lipinski definition) is 1. The van der Waals surface area contributed by atoms with Crippen molar-refractivity contribution in [3.8, 4) is 0 Å². The predicted octanol–water partition coefficient (Wildman–Crippen LogP) is 2.60. The van der Waals surface area contributed by atoms with Crippen LogP contribution in [-0.2, 0) is 9.53 Å². The van der Waals surface area contributed by atoms with Crippen LogP contribution >= 0.6 is 0 Å². The normalized spacial score (nSPS) is 11.9. The van der Waals surface area contributed by atoms with Gasteiger partial charge >= 0.3 is 5.97 Å². The van der Waals surface area contributed by atoms with Gasteiger partial charge in [-0.25, -0.2) is 9.18 Å². The number of nitrogens with one attached hydrogen (secondary N) is 1. The molecule has 0 unspecified atom stereocenters. The fourth-order valence-electron chi connectivity index (χ4n) is 1.48. The summed E-state index contributed by atoms with van der Waals surface area (Å²) in [7, 11) is 0. The fourth-order valence-corrected chi connectivity index (χ4v) is 1.48. The van der Waals surface area contributed by atoms with Crippen molar-refractivity contribution in [1.29, 1.82) is 0 Å². The largest absolute Gasteiger partial charge is 0.463 e. The second-order valence-electron chi connectivity index (χ2n) is 3.98. The number of benzene rings is 1. The van der Waals surface area contributed by atoms with Gasteiger partial charge in [0.1, 0.15) is 5.82 Å². The van der Waals surface area contributed by atoms with Crippen LogP contribution in [0.25, 0.3) is 0 Å². The Morgan fingerprint density at radius 2 is 2.28 bits per heavy atom. The highest BCUT2D eigenvalue weighted by molar-refractivity contribution is 5.88. The second-order valence-corrected chi connectivity index (χ2v) is 3.98. The maximum atomic E-state index is 13.0. The Morgan fingerprint density at radius 1 is 1.56 bits per heavy atom. The molecule has 0 amide bonds. The van der Waals surface area contributed by atoms with Gasteiger partial charge in [0, 0.05) is 18.2 Å². The van der Waals surface area contributed by atoms with E-state index in [-0.39, 0.29) is 11.9 Å². The molecule has 1 N–H and O–H groups in total. The van der Waals surface area contributed by atoms with E-state index in [0.717, 1.165) is 5.56 Å². The summed E-state index contributed by atoms with van der Waals surface area (Å²) in [5.41, 5.74) is 1.19. The van der Waals surface area contributed by atoms with E-state index in [1.54, 1.807) is 13.0 Å². The average molecular weight is 251 g/mol. The summed E-state index contributed by atoms with van der Waals surface area (Å²) in [6.07, 6.45) is 0. The van der Waals surface area contributed by atoms with Crippen molar-refractivity contribution in [2.75, 3.05) is 13.2 Å². The molecule has 4 heteroatoms. The smallest absolute Gasteiger partial charge is 0.334 e. The lowest BCUT2D eigenvalue weighted by Crippen LogP contribution is -2.24. The van der Waals surface area contributed by atoms with Crippen molar-refractivity contribution in [2.24, 2.45) is 0 Å². The third-order valence-corrected chi connectivity index (χ3v) is 2.53. The van der Waals surface area contributed by atoms with Gasteiger partial charge in [0.25, 0.3) is 0 Å². The topological polar surface area (TPSA) is 38.3 Å². The van der Waals surface area contributed by atoms with E-state index in [1.807, 2.05) is 13.0 Å². The second kappa shape index (κ2) is 6.91. The van der Waals surface area contributed by atoms with Crippen LogP contribution < -0.4 is 5.32 Å². The highest BCUT2D eigenvalue weighted by Gasteiger charge is 2.10. The Balaban J connectivity index is 2.48. The van der Waals surface area contributed by atoms with Crippen LogP contribution in [0, 0.1) is 5.82 Å². The van der Waals surface area contributed by atoms with Gasteiger partial charge in [0.15, 0.2) is 0 Å². The summed E-state index contributed by atoms with van der Waals surface area (Å²) in [4.78, 5) is 11.3. The van der Waals surface area contributed by atoms with Crippen LogP contribution in [0.15, 0.2) is 36.4 Å². The molecule has 98 valence electrons. The molecule has 1 aromatic carbocycles. The van der Waals surface area contributed by atoms with Gasteiger partial charge in [-0.3, -0.25) is 0 Å². The van der Waals surface area contributed by atoms with Crippen LogP contribution in [0.2, 0.25) is 0 Å². The van der Waals surface area contributed by atoms with Crippen molar-refractivity contribution in [2.45, 2.75) is 19.9 Å². The van der Waals surface area contributed by atoms with Gasteiger partial charge in [-0.05, 0) is 31.5 Å². The number of halogens is 1. The lowest BCUT2D eigenvalue weighted by atomic mass is 10.1. The Bertz CT molecular complexity index is 432. The summed E-state index contributed by atoms with van der Waals surface area (Å²) in [6, 6.07) is 6.28. The van der Waals surface area contributed by atoms with Gasteiger partial charge < -0.3 is 10.1 Å². The quantitative estimate of drug-likeness (QED) is 0.624. The summed E-state index contributed by atoms with van der Waals surface area (Å²) >= 11 is 0. The highest BCUT2D eigenvalue weighted by atomic mass is 19.1. The van der Waals surface area contributed by atoms with E-state index >= 15 is 0 Å². The van der Waals surface area contributed by atoms with Crippen molar-refractivity contribution in [3.63, 3.8) is 0 Å². The minimum atomic E-state index is -0.406. The molecule has 1 rings (SSSR count). The third kappa shape index (κ3) is 4.30. The van der Waals surface area contributed by atoms with Gasteiger partial charge in [-0.2, -0.15) is 0 Å². The molecule has 0 saturated heterocycles. The molecule has 0 saturated carbocycles. The third-order valence-electron chi connectivity index (χ3n) is 2.53. The molecule has 3 nitrogen and oxygen atoms in total. The number of rotatable bonds is 6. The molecule has 0 spiro atoms. The minimum Gasteiger partial charge on any atom is -0.463 e. The number of ether oxygens (including phenoxy) is 1. The first kappa shape index (κ1) is 14.4. The predicted molar refractivity (Wildman–Crippen MR) is 68.6 cm³/mol. The summed E-state index contributed by atoms with van der Waals surface area (Å²) in [5, 5.41) is 3.10. The van der Waals surface area contributed by atoms with E-state index in [1.165, 1.54) is 12.1 Å². The van der Waals surface area contributed by atoms with Gasteiger partial charge in [0.05, 0.1) is 6.61 Å². The number of hydrogen-bond acceptors (Lipinski definition) is 3. The Kier molecular flexibility index (Phi) is 5.52. The summed E-state index contributed by atoms with van der Waals surface area (Å²) in [5.74, 6) is -0.679.